The van der Waals surface area contributed by atoms with Crippen LogP contribution in [0.5, 0.6) is 5.75 Å². The van der Waals surface area contributed by atoms with Crippen molar-refractivity contribution < 1.29 is 23.5 Å². The van der Waals surface area contributed by atoms with E-state index in [4.69, 9.17) is 9.47 Å². The first kappa shape index (κ1) is 20.1. The maximum Gasteiger partial charge on any atom is 0.282 e. The molecule has 30 heavy (non-hydrogen) atoms. The van der Waals surface area contributed by atoms with Crippen molar-refractivity contribution in [3.05, 3.63) is 65.6 Å². The molecule has 6 nitrogen and oxygen atoms in total. The van der Waals surface area contributed by atoms with Crippen molar-refractivity contribution in [2.45, 2.75) is 13.3 Å². The Hall–Kier alpha value is -3.19. The lowest BCUT2D eigenvalue weighted by Crippen LogP contribution is -2.40. The van der Waals surface area contributed by atoms with E-state index in [0.717, 1.165) is 11.3 Å². The van der Waals surface area contributed by atoms with Gasteiger partial charge in [0.2, 0.25) is 0 Å². The number of benzene rings is 2. The lowest BCUT2D eigenvalue weighted by atomic mass is 10.0. The summed E-state index contributed by atoms with van der Waals surface area (Å²) in [5.74, 6) is -0.781. The zero-order chi connectivity index (χ0) is 21.1. The van der Waals surface area contributed by atoms with Crippen LogP contribution in [0.1, 0.15) is 18.9 Å². The van der Waals surface area contributed by atoms with Gasteiger partial charge in [-0.1, -0.05) is 31.2 Å². The molecule has 0 aromatic heterocycles. The Morgan fingerprint density at radius 3 is 2.40 bits per heavy atom. The molecule has 0 aliphatic carbocycles. The average Bonchev–Trinajstić information content (AvgIpc) is 3.03. The number of carbonyl (C=O) groups excluding carboxylic acids is 2. The van der Waals surface area contributed by atoms with E-state index < -0.39 is 17.6 Å². The molecule has 1 saturated heterocycles. The molecular formula is C23H23FN2O4. The second kappa shape index (κ2) is 8.67. The topological polar surface area (TPSA) is 59.1 Å². The zero-order valence-corrected chi connectivity index (χ0v) is 16.8. The molecule has 4 rings (SSSR count). The van der Waals surface area contributed by atoms with E-state index in [1.54, 1.807) is 24.3 Å². The monoisotopic (exact) mass is 410 g/mol. The van der Waals surface area contributed by atoms with Crippen LogP contribution in [-0.4, -0.2) is 49.6 Å². The number of hydrogen-bond donors (Lipinski definition) is 0. The van der Waals surface area contributed by atoms with Crippen molar-refractivity contribution in [2.75, 3.05) is 37.8 Å². The molecule has 0 radical (unpaired) electrons. The second-order valence-electron chi connectivity index (χ2n) is 7.09. The molecule has 156 valence electrons. The van der Waals surface area contributed by atoms with Crippen LogP contribution >= 0.6 is 0 Å². The Labute approximate surface area is 174 Å². The van der Waals surface area contributed by atoms with Crippen LogP contribution in [-0.2, 0) is 14.3 Å². The third-order valence-corrected chi connectivity index (χ3v) is 5.09. The van der Waals surface area contributed by atoms with E-state index in [1.807, 2.05) is 11.8 Å². The van der Waals surface area contributed by atoms with E-state index in [-0.39, 0.29) is 5.57 Å². The van der Waals surface area contributed by atoms with Gasteiger partial charge < -0.3 is 14.4 Å². The number of nitrogens with zero attached hydrogens (tertiary/aromatic N) is 2. The Morgan fingerprint density at radius 2 is 1.70 bits per heavy atom. The minimum Gasteiger partial charge on any atom is -0.491 e. The van der Waals surface area contributed by atoms with Crippen molar-refractivity contribution in [3.8, 4) is 5.75 Å². The Kier molecular flexibility index (Phi) is 5.81. The highest BCUT2D eigenvalue weighted by molar-refractivity contribution is 6.45. The molecule has 2 aliphatic heterocycles. The van der Waals surface area contributed by atoms with Gasteiger partial charge in [-0.05, 0) is 36.2 Å². The highest BCUT2D eigenvalue weighted by Gasteiger charge is 2.43. The number of hydrogen-bond acceptors (Lipinski definition) is 5. The Bertz CT molecular complexity index is 981. The lowest BCUT2D eigenvalue weighted by molar-refractivity contribution is -0.121. The van der Waals surface area contributed by atoms with Crippen LogP contribution < -0.4 is 9.64 Å². The van der Waals surface area contributed by atoms with Crippen LogP contribution in [0.4, 0.5) is 10.1 Å². The number of imide groups is 1. The quantitative estimate of drug-likeness (QED) is 0.685. The molecule has 0 atom stereocenters. The molecule has 2 aromatic carbocycles. The maximum atomic E-state index is 13.5. The van der Waals surface area contributed by atoms with Gasteiger partial charge in [0, 0.05) is 13.1 Å². The predicted molar refractivity (Wildman–Crippen MR) is 110 cm³/mol. The number of para-hydroxylation sites is 2. The van der Waals surface area contributed by atoms with E-state index in [9.17, 15) is 14.0 Å². The summed E-state index contributed by atoms with van der Waals surface area (Å²) >= 11 is 0. The summed E-state index contributed by atoms with van der Waals surface area (Å²) in [4.78, 5) is 30.1. The van der Waals surface area contributed by atoms with Crippen LogP contribution in [0.15, 0.2) is 54.2 Å². The molecule has 2 aromatic rings. The molecule has 7 heteroatoms. The third kappa shape index (κ3) is 3.68. The molecule has 0 bridgehead atoms. The third-order valence-electron chi connectivity index (χ3n) is 5.09. The summed E-state index contributed by atoms with van der Waals surface area (Å²) in [6, 6.07) is 12.6. The first-order valence-corrected chi connectivity index (χ1v) is 10.1. The fraction of sp³-hybridized carbons (Fsp3) is 0.304. The SMILES string of the molecule is CCCOc1ccccc1N1C(=O)C(c2ccc(F)cc2)=C(N2CCOCC2)C1=O. The summed E-state index contributed by atoms with van der Waals surface area (Å²) in [6.07, 6.45) is 0.800. The van der Waals surface area contributed by atoms with E-state index >= 15 is 0 Å². The molecule has 0 N–H and O–H groups in total. The van der Waals surface area contributed by atoms with Gasteiger partial charge in [-0.2, -0.15) is 0 Å². The molecular weight excluding hydrogens is 387 g/mol. The minimum absolute atomic E-state index is 0.271. The van der Waals surface area contributed by atoms with E-state index in [1.165, 1.54) is 24.3 Å². The number of carbonyl (C=O) groups is 2. The number of rotatable bonds is 6. The van der Waals surface area contributed by atoms with Gasteiger partial charge in [0.1, 0.15) is 17.3 Å². The number of ether oxygens (including phenoxy) is 2. The number of anilines is 1. The lowest BCUT2D eigenvalue weighted by Gasteiger charge is -2.29. The smallest absolute Gasteiger partial charge is 0.282 e. The van der Waals surface area contributed by atoms with Gasteiger partial charge in [-0.25, -0.2) is 9.29 Å². The molecule has 0 saturated carbocycles. The van der Waals surface area contributed by atoms with Gasteiger partial charge in [0.25, 0.3) is 11.8 Å². The van der Waals surface area contributed by atoms with Crippen LogP contribution in [0.3, 0.4) is 0 Å². The van der Waals surface area contributed by atoms with Crippen molar-refractivity contribution in [3.63, 3.8) is 0 Å². The number of amides is 2. The van der Waals surface area contributed by atoms with E-state index in [2.05, 4.69) is 0 Å². The largest absolute Gasteiger partial charge is 0.491 e. The van der Waals surface area contributed by atoms with Gasteiger partial charge in [-0.3, -0.25) is 9.59 Å². The Morgan fingerprint density at radius 1 is 1.00 bits per heavy atom. The normalized spacial score (nSPS) is 17.1. The van der Waals surface area contributed by atoms with Crippen LogP contribution in [0.25, 0.3) is 5.57 Å². The summed E-state index contributed by atoms with van der Waals surface area (Å²) in [5, 5.41) is 0. The molecule has 2 amide bonds. The van der Waals surface area contributed by atoms with Crippen LogP contribution in [0, 0.1) is 5.82 Å². The van der Waals surface area contributed by atoms with Crippen molar-refractivity contribution in [2.24, 2.45) is 0 Å². The number of halogens is 1. The summed E-state index contributed by atoms with van der Waals surface area (Å²) in [7, 11) is 0. The molecule has 2 aliphatic rings. The standard InChI is InChI=1S/C23H23FN2O4/c1-2-13-30-19-6-4-3-5-18(19)26-22(27)20(16-7-9-17(24)10-8-16)21(23(26)28)25-11-14-29-15-12-25/h3-10H,2,11-15H2,1H3. The van der Waals surface area contributed by atoms with Gasteiger partial charge in [-0.15, -0.1) is 0 Å². The summed E-state index contributed by atoms with van der Waals surface area (Å²) in [6.45, 7) is 4.40. The van der Waals surface area contributed by atoms with Crippen molar-refractivity contribution >= 4 is 23.1 Å². The maximum absolute atomic E-state index is 13.5. The fourth-order valence-electron chi connectivity index (χ4n) is 3.67. The average molecular weight is 410 g/mol. The van der Waals surface area contributed by atoms with Gasteiger partial charge in [0.05, 0.1) is 31.1 Å². The highest BCUT2D eigenvalue weighted by Crippen LogP contribution is 2.38. The summed E-state index contributed by atoms with van der Waals surface area (Å²) in [5.41, 5.74) is 1.50. The fourth-order valence-corrected chi connectivity index (χ4v) is 3.67. The second-order valence-corrected chi connectivity index (χ2v) is 7.09. The van der Waals surface area contributed by atoms with E-state index in [0.29, 0.717) is 55.6 Å². The first-order chi connectivity index (χ1) is 14.6. The Balaban J connectivity index is 1.80. The van der Waals surface area contributed by atoms with Crippen molar-refractivity contribution in [1.82, 2.24) is 4.90 Å². The van der Waals surface area contributed by atoms with Crippen molar-refractivity contribution in [1.29, 1.82) is 0 Å². The van der Waals surface area contributed by atoms with Gasteiger partial charge >= 0.3 is 0 Å². The predicted octanol–water partition coefficient (Wildman–Crippen LogP) is 3.23. The minimum atomic E-state index is -0.444. The molecule has 0 spiro atoms. The van der Waals surface area contributed by atoms with Gasteiger partial charge in [0.15, 0.2) is 0 Å². The molecule has 1 fully saturated rings. The highest BCUT2D eigenvalue weighted by atomic mass is 19.1. The zero-order valence-electron chi connectivity index (χ0n) is 16.8. The van der Waals surface area contributed by atoms with Crippen LogP contribution in [0.2, 0.25) is 0 Å². The summed E-state index contributed by atoms with van der Waals surface area (Å²) < 4.78 is 24.7. The number of morpholine rings is 1. The first-order valence-electron chi connectivity index (χ1n) is 10.1. The molecule has 0 unspecified atom stereocenters. The molecule has 2 heterocycles.